The highest BCUT2D eigenvalue weighted by atomic mass is 33.1. The Kier molecular flexibility index (Phi) is 19.2. The van der Waals surface area contributed by atoms with E-state index in [2.05, 4.69) is 77.5 Å². The third-order valence-corrected chi connectivity index (χ3v) is 22.0. The number of ketones is 2. The second-order valence-corrected chi connectivity index (χ2v) is 28.1. The van der Waals surface area contributed by atoms with Crippen molar-refractivity contribution in [2.24, 2.45) is 40.6 Å². The predicted octanol–water partition coefficient (Wildman–Crippen LogP) is 12.4. The maximum atomic E-state index is 14.4. The Hall–Kier alpha value is -6.08. The minimum atomic E-state index is -0.841. The number of rotatable bonds is 8. The Bertz CT molecular complexity index is 3450. The molecule has 9 atom stereocenters. The van der Waals surface area contributed by atoms with Gasteiger partial charge in [0, 0.05) is 77.8 Å². The Morgan fingerprint density at radius 2 is 1.62 bits per heavy atom. The van der Waals surface area contributed by atoms with E-state index >= 15 is 0 Å². The molecule has 0 unspecified atom stereocenters. The lowest BCUT2D eigenvalue weighted by Gasteiger charge is -2.41. The number of phenolic OH excluding ortho intramolecular Hbond substituents is 2. The molecule has 446 valence electrons. The number of aryl methyl sites for hydroxylation is 3. The van der Waals surface area contributed by atoms with Crippen molar-refractivity contribution in [2.45, 2.75) is 152 Å². The van der Waals surface area contributed by atoms with Crippen molar-refractivity contribution in [1.82, 2.24) is 4.98 Å². The van der Waals surface area contributed by atoms with Gasteiger partial charge in [-0.05, 0) is 193 Å². The van der Waals surface area contributed by atoms with Crippen LogP contribution in [0.1, 0.15) is 173 Å². The summed E-state index contributed by atoms with van der Waals surface area (Å²) in [4.78, 5) is 31.7. The number of hydrogen-bond donors (Lipinski definition) is 8. The van der Waals surface area contributed by atoms with E-state index in [1.807, 2.05) is 31.2 Å². The quantitative estimate of drug-likeness (QED) is 0.0406. The summed E-state index contributed by atoms with van der Waals surface area (Å²) in [6.07, 6.45) is 15.5. The number of carbonyl (C=O) groups is 2. The van der Waals surface area contributed by atoms with Crippen molar-refractivity contribution in [3.63, 3.8) is 0 Å². The first-order chi connectivity index (χ1) is 41.1. The van der Waals surface area contributed by atoms with Crippen molar-refractivity contribution in [3.05, 3.63) is 194 Å². The number of Topliss-reactive ketones (excluding diaryl/α,β-unsaturated/α-hetero) is 1. The van der Waals surface area contributed by atoms with E-state index in [9.17, 15) is 35.1 Å². The number of phenols is 2. The first kappa shape index (κ1) is 60.6. The van der Waals surface area contributed by atoms with Gasteiger partial charge in [0.2, 0.25) is 0 Å². The molecule has 13 heteroatoms. The SMILES string of the molecule is C[C@@]1(O)CCC[C@H]2C[C@@H](CO)c3ccc(CCc4ccccc4)cc3C[C@H]2[C@@H](CC[C@@]23/C=C/C(=O)CCc4ccc(O)c(c4)OCCc4ccc(O)c(c4)[C@H]4CC(=O)c5cc[nH]c5CC#Cc5cc(C(N)N)c(cc54)CSSC[C@H](C2)[C@@H](O)C3)C1. The largest absolute Gasteiger partial charge is 0.508 e. The summed E-state index contributed by atoms with van der Waals surface area (Å²) < 4.78 is 6.24. The van der Waals surface area contributed by atoms with Crippen LogP contribution in [0.2, 0.25) is 0 Å². The van der Waals surface area contributed by atoms with E-state index in [0.717, 1.165) is 91.3 Å². The molecule has 11 nitrogen and oxygen atoms in total. The first-order valence-corrected chi connectivity index (χ1v) is 33.3. The molecule has 0 radical (unpaired) electrons. The van der Waals surface area contributed by atoms with Crippen molar-refractivity contribution in [1.29, 1.82) is 0 Å². The van der Waals surface area contributed by atoms with Crippen LogP contribution < -0.4 is 16.2 Å². The Morgan fingerprint density at radius 3 is 2.45 bits per heavy atom. The molecule has 5 aliphatic rings. The number of fused-ring (bicyclic) bond motifs is 11. The van der Waals surface area contributed by atoms with Gasteiger partial charge in [0.05, 0.1) is 30.9 Å². The summed E-state index contributed by atoms with van der Waals surface area (Å²) in [7, 11) is 3.37. The van der Waals surface area contributed by atoms with Gasteiger partial charge >= 0.3 is 0 Å². The number of nitrogens with one attached hydrogen (secondary N) is 1. The number of benzene rings is 5. The molecule has 5 aromatic carbocycles. The molecule has 2 saturated carbocycles. The van der Waals surface area contributed by atoms with Gasteiger partial charge in [-0.25, -0.2) is 0 Å². The molecule has 6 aromatic rings. The summed E-state index contributed by atoms with van der Waals surface area (Å²) in [6.45, 7) is 2.32. The molecule has 2 heterocycles. The number of ether oxygens (including phenoxy) is 1. The lowest BCUT2D eigenvalue weighted by atomic mass is 9.65. The second-order valence-electron chi connectivity index (χ2n) is 25.6. The molecule has 11 rings (SSSR count). The van der Waals surface area contributed by atoms with E-state index in [4.69, 9.17) is 16.2 Å². The van der Waals surface area contributed by atoms with Crippen LogP contribution in [0, 0.1) is 40.9 Å². The fourth-order valence-electron chi connectivity index (χ4n) is 15.0. The third-order valence-electron chi connectivity index (χ3n) is 19.6. The number of aromatic hydroxyl groups is 2. The molecule has 0 amide bonds. The number of carbonyl (C=O) groups excluding carboxylic acids is 2. The van der Waals surface area contributed by atoms with E-state index in [1.165, 1.54) is 22.3 Å². The fraction of sp³-hybridized carbons (Fsp3) is 0.444. The molecule has 2 fully saturated rings. The van der Waals surface area contributed by atoms with Crippen LogP contribution in [0.25, 0.3) is 0 Å². The van der Waals surface area contributed by atoms with Crippen LogP contribution in [0.3, 0.4) is 0 Å². The summed E-state index contributed by atoms with van der Waals surface area (Å²) in [5.41, 5.74) is 23.7. The average molecular weight is 1180 g/mol. The number of aliphatic hydroxyl groups excluding tert-OH is 2. The maximum absolute atomic E-state index is 14.4. The zero-order valence-electron chi connectivity index (χ0n) is 48.9. The molecule has 85 heavy (non-hydrogen) atoms. The minimum Gasteiger partial charge on any atom is -0.508 e. The van der Waals surface area contributed by atoms with Crippen LogP contribution in [-0.2, 0) is 49.1 Å². The van der Waals surface area contributed by atoms with Crippen LogP contribution in [0.5, 0.6) is 17.2 Å². The zero-order chi connectivity index (χ0) is 59.2. The minimum absolute atomic E-state index is 0.0115. The monoisotopic (exact) mass is 1180 g/mol. The zero-order valence-corrected chi connectivity index (χ0v) is 50.6. The molecule has 1 aliphatic heterocycles. The predicted molar refractivity (Wildman–Crippen MR) is 340 cm³/mol. The summed E-state index contributed by atoms with van der Waals surface area (Å²) in [5.74, 6) is 8.35. The highest BCUT2D eigenvalue weighted by molar-refractivity contribution is 8.76. The lowest BCUT2D eigenvalue weighted by molar-refractivity contribution is -0.114. The first-order valence-electron chi connectivity index (χ1n) is 30.9. The van der Waals surface area contributed by atoms with Gasteiger partial charge in [0.15, 0.2) is 23.1 Å². The standard InChI is InChI=1S/C72H83N3O8S2/c1-71(82)26-6-10-49-34-53(42-76)57-19-15-46(13-12-45-7-3-2-4-8-45)31-52(57)36-59(49)51(39-71)22-27-72-28-23-56(77)18-14-47-17-21-66(79)69(33-47)83-30-25-48-16-20-65(78)63(32-48)62-38-67(80)58-24-29-75-64(58)11-5-9-50-35-61(70(73)74)54(37-60(50)62)43-84-85-44-55(40-72)68(81)41-72/h2-4,7-8,15-17,19-21,23-24,28-29,31-33,35,37,49,51,53,55,59,62,68,70,75-76,78-79,81-82H,6,10-14,18,22,25-27,30,34,36,38-44,73-74H2,1H3/b28-23+/t49-,51-,53-,55-,59+,62-,68-,71+,72+/m0/s1. The van der Waals surface area contributed by atoms with Crippen LogP contribution in [0.15, 0.2) is 121 Å². The molecular formula is C72H83N3O8S2. The van der Waals surface area contributed by atoms with Gasteiger partial charge in [0.25, 0.3) is 0 Å². The fourth-order valence-corrected chi connectivity index (χ4v) is 17.5. The number of hydrogen-bond acceptors (Lipinski definition) is 12. The summed E-state index contributed by atoms with van der Waals surface area (Å²) in [5, 5.41) is 58.1. The molecule has 8 bridgehead atoms. The van der Waals surface area contributed by atoms with Crippen LogP contribution >= 0.6 is 21.6 Å². The number of aliphatic hydroxyl groups is 3. The molecule has 0 saturated heterocycles. The van der Waals surface area contributed by atoms with Crippen molar-refractivity contribution < 1.29 is 39.9 Å². The number of allylic oxidation sites excluding steroid dienone is 2. The van der Waals surface area contributed by atoms with E-state index in [-0.39, 0.29) is 72.8 Å². The number of H-pyrrole nitrogens is 1. The third kappa shape index (κ3) is 14.5. The Labute approximate surface area is 509 Å². The smallest absolute Gasteiger partial charge is 0.165 e. The van der Waals surface area contributed by atoms with Gasteiger partial charge in [-0.15, -0.1) is 0 Å². The number of aromatic nitrogens is 1. The molecular weight excluding hydrogens is 1100 g/mol. The highest BCUT2D eigenvalue weighted by Gasteiger charge is 2.46. The van der Waals surface area contributed by atoms with Crippen molar-refractivity contribution in [2.75, 3.05) is 19.0 Å². The van der Waals surface area contributed by atoms with Gasteiger partial charge in [-0.1, -0.05) is 125 Å². The van der Waals surface area contributed by atoms with Gasteiger partial charge in [-0.3, -0.25) is 9.59 Å². The van der Waals surface area contributed by atoms with E-state index < -0.39 is 29.2 Å². The Balaban J connectivity index is 0.903. The van der Waals surface area contributed by atoms with Crippen molar-refractivity contribution >= 4 is 33.2 Å². The normalized spacial score (nSPS) is 27.0. The average Bonchev–Trinajstić information content (AvgIpc) is 2.80. The lowest BCUT2D eigenvalue weighted by Crippen LogP contribution is -2.37. The second kappa shape index (κ2) is 26.9. The van der Waals surface area contributed by atoms with Crippen molar-refractivity contribution in [3.8, 4) is 29.1 Å². The topological polar surface area (TPSA) is 212 Å². The molecule has 0 spiro atoms. The summed E-state index contributed by atoms with van der Waals surface area (Å²) in [6, 6.07) is 34.0. The molecule has 4 aliphatic carbocycles. The number of nitrogens with two attached hydrogens (primary N) is 2. The highest BCUT2D eigenvalue weighted by Crippen LogP contribution is 2.53. The van der Waals surface area contributed by atoms with Gasteiger partial charge in [-0.2, -0.15) is 0 Å². The number of aromatic amines is 1. The van der Waals surface area contributed by atoms with Gasteiger partial charge in [0.1, 0.15) is 5.75 Å². The Morgan fingerprint density at radius 1 is 0.812 bits per heavy atom. The summed E-state index contributed by atoms with van der Waals surface area (Å²) >= 11 is 0. The molecule has 10 N–H and O–H groups in total. The van der Waals surface area contributed by atoms with Crippen LogP contribution in [-0.4, -0.2) is 72.8 Å². The van der Waals surface area contributed by atoms with Gasteiger partial charge < -0.3 is 46.7 Å². The van der Waals surface area contributed by atoms with Crippen LogP contribution in [0.4, 0.5) is 0 Å². The van der Waals surface area contributed by atoms with E-state index in [1.54, 1.807) is 58.1 Å². The molecule has 1 aromatic heterocycles. The maximum Gasteiger partial charge on any atom is 0.165 e. The van der Waals surface area contributed by atoms with E-state index in [0.29, 0.717) is 78.4 Å².